The van der Waals surface area contributed by atoms with Crippen LogP contribution in [0.25, 0.3) is 0 Å². The van der Waals surface area contributed by atoms with Gasteiger partial charge in [0.15, 0.2) is 0 Å². The summed E-state index contributed by atoms with van der Waals surface area (Å²) in [6, 6.07) is 2.92. The van der Waals surface area contributed by atoms with Crippen LogP contribution in [0, 0.1) is 21.8 Å². The normalized spacial score (nSPS) is 10.6. The van der Waals surface area contributed by atoms with E-state index in [4.69, 9.17) is 0 Å². The molecule has 0 aliphatic rings. The maximum Gasteiger partial charge on any atom is 0.282 e. The Labute approximate surface area is 111 Å². The molecule has 0 fully saturated rings. The summed E-state index contributed by atoms with van der Waals surface area (Å²) < 4.78 is 13.2. The minimum atomic E-state index is -0.671. The van der Waals surface area contributed by atoms with Gasteiger partial charge in [-0.1, -0.05) is 13.8 Å². The highest BCUT2D eigenvalue weighted by atomic mass is 19.1. The Bertz CT molecular complexity index is 489. The topological polar surface area (TPSA) is 63.5 Å². The number of nitrogens with zero attached hydrogens (tertiary/aromatic N) is 2. The van der Waals surface area contributed by atoms with Gasteiger partial charge in [-0.15, -0.1) is 0 Å². The number of carbonyl (C=O) groups excluding carboxylic acids is 1. The summed E-state index contributed by atoms with van der Waals surface area (Å²) in [6.07, 6.45) is 0. The van der Waals surface area contributed by atoms with E-state index < -0.39 is 16.6 Å². The lowest BCUT2D eigenvalue weighted by Crippen LogP contribution is -2.34. The molecule has 0 saturated carbocycles. The lowest BCUT2D eigenvalue weighted by atomic mass is 10.1. The van der Waals surface area contributed by atoms with Crippen molar-refractivity contribution in [2.45, 2.75) is 20.8 Å². The molecule has 5 nitrogen and oxygen atoms in total. The van der Waals surface area contributed by atoms with E-state index in [2.05, 4.69) is 0 Å². The van der Waals surface area contributed by atoms with E-state index in [9.17, 15) is 19.3 Å². The molecule has 0 heterocycles. The van der Waals surface area contributed by atoms with Crippen molar-refractivity contribution in [1.82, 2.24) is 4.90 Å². The van der Waals surface area contributed by atoms with Gasteiger partial charge in [0.25, 0.3) is 11.6 Å². The molecule has 1 rings (SSSR count). The van der Waals surface area contributed by atoms with Crippen LogP contribution >= 0.6 is 0 Å². The number of hydrogen-bond acceptors (Lipinski definition) is 3. The molecule has 19 heavy (non-hydrogen) atoms. The Morgan fingerprint density at radius 2 is 2.11 bits per heavy atom. The summed E-state index contributed by atoms with van der Waals surface area (Å²) in [5.41, 5.74) is -0.568. The monoisotopic (exact) mass is 268 g/mol. The molecule has 0 bridgehead atoms. The first-order valence-corrected chi connectivity index (χ1v) is 6.10. The Morgan fingerprint density at radius 3 is 2.58 bits per heavy atom. The Kier molecular flexibility index (Phi) is 4.97. The molecule has 1 amide bonds. The van der Waals surface area contributed by atoms with Crippen molar-refractivity contribution >= 4 is 11.6 Å². The minimum absolute atomic E-state index is 0.201. The maximum atomic E-state index is 13.2. The van der Waals surface area contributed by atoms with Crippen molar-refractivity contribution < 1.29 is 14.1 Å². The first kappa shape index (κ1) is 15.1. The molecule has 1 aromatic rings. The van der Waals surface area contributed by atoms with E-state index >= 15 is 0 Å². The lowest BCUT2D eigenvalue weighted by molar-refractivity contribution is -0.385. The van der Waals surface area contributed by atoms with Gasteiger partial charge in [0.1, 0.15) is 11.4 Å². The third-order valence-electron chi connectivity index (χ3n) is 2.64. The van der Waals surface area contributed by atoms with Gasteiger partial charge in [-0.25, -0.2) is 4.39 Å². The summed E-state index contributed by atoms with van der Waals surface area (Å²) in [5.74, 6) is -0.937. The predicted molar refractivity (Wildman–Crippen MR) is 69.5 cm³/mol. The summed E-state index contributed by atoms with van der Waals surface area (Å²) >= 11 is 0. The molecule has 1 aromatic carbocycles. The van der Waals surface area contributed by atoms with Crippen LogP contribution in [-0.2, 0) is 0 Å². The van der Waals surface area contributed by atoms with Crippen LogP contribution in [-0.4, -0.2) is 28.8 Å². The van der Waals surface area contributed by atoms with Crippen molar-refractivity contribution in [3.63, 3.8) is 0 Å². The smallest absolute Gasteiger partial charge is 0.282 e. The molecule has 0 aromatic heterocycles. The number of halogens is 1. The zero-order chi connectivity index (χ0) is 14.6. The number of hydrogen-bond donors (Lipinski definition) is 0. The van der Waals surface area contributed by atoms with E-state index in [1.54, 1.807) is 6.92 Å². The van der Waals surface area contributed by atoms with Gasteiger partial charge >= 0.3 is 0 Å². The number of amides is 1. The highest BCUT2D eigenvalue weighted by Crippen LogP contribution is 2.21. The van der Waals surface area contributed by atoms with Gasteiger partial charge in [-0.3, -0.25) is 14.9 Å². The van der Waals surface area contributed by atoms with Crippen molar-refractivity contribution in [3.05, 3.63) is 39.7 Å². The highest BCUT2D eigenvalue weighted by Gasteiger charge is 2.24. The maximum absolute atomic E-state index is 13.2. The highest BCUT2D eigenvalue weighted by molar-refractivity contribution is 5.98. The second kappa shape index (κ2) is 6.26. The van der Waals surface area contributed by atoms with Gasteiger partial charge in [0.2, 0.25) is 0 Å². The predicted octanol–water partition coefficient (Wildman–Crippen LogP) is 2.85. The molecular weight excluding hydrogens is 251 g/mol. The van der Waals surface area contributed by atoms with E-state index in [0.717, 1.165) is 18.2 Å². The van der Waals surface area contributed by atoms with Crippen LogP contribution in [0.3, 0.4) is 0 Å². The molecule has 0 spiro atoms. The minimum Gasteiger partial charge on any atom is -0.338 e. The molecule has 6 heteroatoms. The van der Waals surface area contributed by atoms with Crippen LogP contribution < -0.4 is 0 Å². The molecule has 0 aliphatic heterocycles. The number of carbonyl (C=O) groups is 1. The zero-order valence-electron chi connectivity index (χ0n) is 11.2. The lowest BCUT2D eigenvalue weighted by Gasteiger charge is -2.22. The second-order valence-electron chi connectivity index (χ2n) is 4.66. The first-order chi connectivity index (χ1) is 8.86. The van der Waals surface area contributed by atoms with Crippen molar-refractivity contribution in [1.29, 1.82) is 0 Å². The summed E-state index contributed by atoms with van der Waals surface area (Å²) in [6.45, 7) is 6.56. The van der Waals surface area contributed by atoms with Gasteiger partial charge < -0.3 is 4.90 Å². The standard InChI is InChI=1S/C13H17FN2O3/c1-4-15(8-9(2)3)13(17)11-7-10(14)5-6-12(11)16(18)19/h5-7,9H,4,8H2,1-3H3. The van der Waals surface area contributed by atoms with Gasteiger partial charge in [0.05, 0.1) is 4.92 Å². The van der Waals surface area contributed by atoms with E-state index in [0.29, 0.717) is 13.1 Å². The summed E-state index contributed by atoms with van der Waals surface area (Å²) in [7, 11) is 0. The number of nitro benzene ring substituents is 1. The Balaban J connectivity index is 3.16. The number of benzene rings is 1. The Hall–Kier alpha value is -1.98. The third-order valence-corrected chi connectivity index (χ3v) is 2.64. The van der Waals surface area contributed by atoms with E-state index in [1.807, 2.05) is 13.8 Å². The van der Waals surface area contributed by atoms with Crippen LogP contribution in [0.2, 0.25) is 0 Å². The van der Waals surface area contributed by atoms with Crippen molar-refractivity contribution in [2.24, 2.45) is 5.92 Å². The SMILES string of the molecule is CCN(CC(C)C)C(=O)c1cc(F)ccc1[N+](=O)[O-]. The fourth-order valence-electron chi connectivity index (χ4n) is 1.81. The number of rotatable bonds is 5. The van der Waals surface area contributed by atoms with Crippen LogP contribution in [0.5, 0.6) is 0 Å². The largest absolute Gasteiger partial charge is 0.338 e. The fraction of sp³-hybridized carbons (Fsp3) is 0.462. The fourth-order valence-corrected chi connectivity index (χ4v) is 1.81. The molecular formula is C13H17FN2O3. The van der Waals surface area contributed by atoms with Crippen molar-refractivity contribution in [3.8, 4) is 0 Å². The molecule has 0 saturated heterocycles. The number of nitro groups is 1. The van der Waals surface area contributed by atoms with E-state index in [-0.39, 0.29) is 17.2 Å². The average Bonchev–Trinajstić information content (AvgIpc) is 2.34. The third kappa shape index (κ3) is 3.74. The summed E-state index contributed by atoms with van der Waals surface area (Å²) in [4.78, 5) is 23.9. The molecule has 104 valence electrons. The Morgan fingerprint density at radius 1 is 1.47 bits per heavy atom. The van der Waals surface area contributed by atoms with Crippen LogP contribution in [0.1, 0.15) is 31.1 Å². The quantitative estimate of drug-likeness (QED) is 0.609. The zero-order valence-corrected chi connectivity index (χ0v) is 11.2. The van der Waals surface area contributed by atoms with Gasteiger partial charge in [0, 0.05) is 19.2 Å². The van der Waals surface area contributed by atoms with Crippen LogP contribution in [0.4, 0.5) is 10.1 Å². The van der Waals surface area contributed by atoms with Crippen LogP contribution in [0.15, 0.2) is 18.2 Å². The second-order valence-corrected chi connectivity index (χ2v) is 4.66. The van der Waals surface area contributed by atoms with Gasteiger partial charge in [-0.2, -0.15) is 0 Å². The van der Waals surface area contributed by atoms with Gasteiger partial charge in [-0.05, 0) is 25.0 Å². The summed E-state index contributed by atoms with van der Waals surface area (Å²) in [5, 5.41) is 10.9. The molecule has 0 unspecified atom stereocenters. The molecule has 0 aliphatic carbocycles. The van der Waals surface area contributed by atoms with Crippen molar-refractivity contribution in [2.75, 3.05) is 13.1 Å². The average molecular weight is 268 g/mol. The molecule has 0 radical (unpaired) electrons. The molecule has 0 N–H and O–H groups in total. The van der Waals surface area contributed by atoms with E-state index in [1.165, 1.54) is 4.90 Å². The first-order valence-electron chi connectivity index (χ1n) is 6.10. The molecule has 0 atom stereocenters.